The minimum absolute atomic E-state index is 0.00514. The van der Waals surface area contributed by atoms with Crippen LogP contribution in [0.5, 0.6) is 0 Å². The van der Waals surface area contributed by atoms with Crippen LogP contribution >= 0.6 is 0 Å². The third kappa shape index (κ3) is 3.19. The molecular weight excluding hydrogens is 240 g/mol. The molecule has 0 fully saturated rings. The minimum atomic E-state index is -0.863. The van der Waals surface area contributed by atoms with Crippen LogP contribution in [0, 0.1) is 5.92 Å². The van der Waals surface area contributed by atoms with Crippen LogP contribution in [0.1, 0.15) is 30.1 Å². The summed E-state index contributed by atoms with van der Waals surface area (Å²) in [7, 11) is 0. The first-order valence-electron chi connectivity index (χ1n) is 6.30. The average Bonchev–Trinajstić information content (AvgIpc) is 2.36. The zero-order valence-electron chi connectivity index (χ0n) is 10.8. The van der Waals surface area contributed by atoms with Crippen LogP contribution in [0.4, 0.5) is 0 Å². The van der Waals surface area contributed by atoms with Crippen molar-refractivity contribution in [3.8, 4) is 0 Å². The number of rotatable bonds is 5. The van der Waals surface area contributed by atoms with Gasteiger partial charge in [0.1, 0.15) is 0 Å². The monoisotopic (exact) mass is 256 g/mol. The summed E-state index contributed by atoms with van der Waals surface area (Å²) in [5.74, 6) is -1.01. The van der Waals surface area contributed by atoms with Gasteiger partial charge >= 0.3 is 5.97 Å². The maximum Gasteiger partial charge on any atom is 0.303 e. The molecule has 0 aliphatic carbocycles. The van der Waals surface area contributed by atoms with Crippen molar-refractivity contribution in [1.82, 2.24) is 0 Å². The summed E-state index contributed by atoms with van der Waals surface area (Å²) in [6, 6.07) is 13.4. The third-order valence-corrected chi connectivity index (χ3v) is 3.15. The molecular formula is C16H16O3. The Kier molecular flexibility index (Phi) is 3.95. The molecule has 3 nitrogen and oxygen atoms in total. The van der Waals surface area contributed by atoms with Gasteiger partial charge in [-0.3, -0.25) is 9.59 Å². The van der Waals surface area contributed by atoms with E-state index in [9.17, 15) is 9.59 Å². The van der Waals surface area contributed by atoms with Gasteiger partial charge in [0.25, 0.3) is 0 Å². The van der Waals surface area contributed by atoms with E-state index in [1.165, 1.54) is 0 Å². The van der Waals surface area contributed by atoms with Crippen LogP contribution in [-0.2, 0) is 4.79 Å². The van der Waals surface area contributed by atoms with E-state index in [0.29, 0.717) is 5.56 Å². The molecule has 2 aromatic carbocycles. The Hall–Kier alpha value is -2.16. The number of carbonyl (C=O) groups is 2. The fraction of sp³-hybridized carbons (Fsp3) is 0.250. The molecule has 98 valence electrons. The van der Waals surface area contributed by atoms with Gasteiger partial charge in [-0.05, 0) is 16.7 Å². The van der Waals surface area contributed by atoms with Crippen molar-refractivity contribution in [2.24, 2.45) is 5.92 Å². The Morgan fingerprint density at radius 1 is 1.05 bits per heavy atom. The summed E-state index contributed by atoms with van der Waals surface area (Å²) < 4.78 is 0. The highest BCUT2D eigenvalue weighted by Gasteiger charge is 2.15. The smallest absolute Gasteiger partial charge is 0.303 e. The van der Waals surface area contributed by atoms with Crippen molar-refractivity contribution < 1.29 is 14.7 Å². The molecule has 0 spiro atoms. The first kappa shape index (κ1) is 13.3. The Balaban J connectivity index is 2.24. The van der Waals surface area contributed by atoms with Crippen LogP contribution < -0.4 is 0 Å². The highest BCUT2D eigenvalue weighted by molar-refractivity contribution is 6.08. The Morgan fingerprint density at radius 2 is 1.74 bits per heavy atom. The number of aliphatic carboxylic acids is 1. The number of ketones is 1. The summed E-state index contributed by atoms with van der Waals surface area (Å²) >= 11 is 0. The number of carboxylic acid groups (broad SMARTS) is 1. The van der Waals surface area contributed by atoms with Gasteiger partial charge < -0.3 is 5.11 Å². The molecule has 1 N–H and O–H groups in total. The van der Waals surface area contributed by atoms with Gasteiger partial charge in [0.2, 0.25) is 0 Å². The summed E-state index contributed by atoms with van der Waals surface area (Å²) in [6.45, 7) is 1.79. The first-order valence-corrected chi connectivity index (χ1v) is 6.30. The van der Waals surface area contributed by atoms with Gasteiger partial charge in [-0.1, -0.05) is 49.4 Å². The van der Waals surface area contributed by atoms with Crippen molar-refractivity contribution in [1.29, 1.82) is 0 Å². The van der Waals surface area contributed by atoms with E-state index in [-0.39, 0.29) is 24.5 Å². The Morgan fingerprint density at radius 3 is 2.47 bits per heavy atom. The summed E-state index contributed by atoms with van der Waals surface area (Å²) in [5, 5.41) is 10.7. The number of carboxylic acids is 1. The molecule has 2 aromatic rings. The standard InChI is InChI=1S/C16H16O3/c1-11(10-16(18)19)9-15(17)14-8-4-6-12-5-2-3-7-13(12)14/h2-8,11H,9-10H2,1H3,(H,18,19). The lowest BCUT2D eigenvalue weighted by Crippen LogP contribution is -2.10. The normalized spacial score (nSPS) is 12.3. The average molecular weight is 256 g/mol. The first-order chi connectivity index (χ1) is 9.08. The van der Waals surface area contributed by atoms with E-state index < -0.39 is 5.97 Å². The molecule has 3 heteroatoms. The molecule has 0 aliphatic rings. The molecule has 1 atom stereocenters. The van der Waals surface area contributed by atoms with Crippen LogP contribution in [0.2, 0.25) is 0 Å². The van der Waals surface area contributed by atoms with Gasteiger partial charge in [-0.25, -0.2) is 0 Å². The molecule has 0 heterocycles. The number of carbonyl (C=O) groups excluding carboxylic acids is 1. The SMILES string of the molecule is CC(CC(=O)O)CC(=O)c1cccc2ccccc12. The van der Waals surface area contributed by atoms with Gasteiger partial charge in [0, 0.05) is 18.4 Å². The fourth-order valence-electron chi connectivity index (χ4n) is 2.27. The lowest BCUT2D eigenvalue weighted by Gasteiger charge is -2.09. The number of fused-ring (bicyclic) bond motifs is 1. The molecule has 0 amide bonds. The van der Waals surface area contributed by atoms with Crippen LogP contribution in [0.25, 0.3) is 10.8 Å². The molecule has 0 aromatic heterocycles. The van der Waals surface area contributed by atoms with E-state index in [0.717, 1.165) is 10.8 Å². The Labute approximate surface area is 111 Å². The van der Waals surface area contributed by atoms with E-state index in [2.05, 4.69) is 0 Å². The topological polar surface area (TPSA) is 54.4 Å². The second-order valence-electron chi connectivity index (χ2n) is 4.86. The highest BCUT2D eigenvalue weighted by Crippen LogP contribution is 2.21. The maximum absolute atomic E-state index is 12.3. The molecule has 0 bridgehead atoms. The number of hydrogen-bond donors (Lipinski definition) is 1. The summed E-state index contributed by atoms with van der Waals surface area (Å²) in [5.41, 5.74) is 0.676. The molecule has 0 radical (unpaired) electrons. The molecule has 0 saturated carbocycles. The van der Waals surface area contributed by atoms with Crippen molar-refractivity contribution in [3.05, 3.63) is 48.0 Å². The molecule has 19 heavy (non-hydrogen) atoms. The van der Waals surface area contributed by atoms with Crippen molar-refractivity contribution in [3.63, 3.8) is 0 Å². The Bertz CT molecular complexity index is 611. The number of benzene rings is 2. The zero-order chi connectivity index (χ0) is 13.8. The van der Waals surface area contributed by atoms with Crippen molar-refractivity contribution in [2.75, 3.05) is 0 Å². The number of Topliss-reactive ketones (excluding diaryl/α,β-unsaturated/α-hetero) is 1. The van der Waals surface area contributed by atoms with Crippen LogP contribution in [0.3, 0.4) is 0 Å². The van der Waals surface area contributed by atoms with Gasteiger partial charge in [0.15, 0.2) is 5.78 Å². The summed E-state index contributed by atoms with van der Waals surface area (Å²) in [6.07, 6.45) is 0.289. The third-order valence-electron chi connectivity index (χ3n) is 3.15. The lowest BCUT2D eigenvalue weighted by atomic mass is 9.94. The molecule has 2 rings (SSSR count). The fourth-order valence-corrected chi connectivity index (χ4v) is 2.27. The van der Waals surface area contributed by atoms with E-state index >= 15 is 0 Å². The maximum atomic E-state index is 12.3. The van der Waals surface area contributed by atoms with E-state index in [1.54, 1.807) is 13.0 Å². The minimum Gasteiger partial charge on any atom is -0.481 e. The lowest BCUT2D eigenvalue weighted by molar-refractivity contribution is -0.137. The molecule has 1 unspecified atom stereocenters. The van der Waals surface area contributed by atoms with Crippen molar-refractivity contribution in [2.45, 2.75) is 19.8 Å². The summed E-state index contributed by atoms with van der Waals surface area (Å²) in [4.78, 5) is 22.9. The molecule has 0 saturated heterocycles. The van der Waals surface area contributed by atoms with Gasteiger partial charge in [-0.15, -0.1) is 0 Å². The van der Waals surface area contributed by atoms with E-state index in [4.69, 9.17) is 5.11 Å². The second-order valence-corrected chi connectivity index (χ2v) is 4.86. The van der Waals surface area contributed by atoms with Gasteiger partial charge in [0.05, 0.1) is 0 Å². The van der Waals surface area contributed by atoms with Crippen molar-refractivity contribution >= 4 is 22.5 Å². The predicted molar refractivity (Wildman–Crippen MR) is 74.3 cm³/mol. The van der Waals surface area contributed by atoms with E-state index in [1.807, 2.05) is 36.4 Å². The predicted octanol–water partition coefficient (Wildman–Crippen LogP) is 3.52. The second kappa shape index (κ2) is 5.65. The zero-order valence-corrected chi connectivity index (χ0v) is 10.8. The quantitative estimate of drug-likeness (QED) is 0.833. The van der Waals surface area contributed by atoms with Gasteiger partial charge in [-0.2, -0.15) is 0 Å². The largest absolute Gasteiger partial charge is 0.481 e. The van der Waals surface area contributed by atoms with Crippen LogP contribution in [0.15, 0.2) is 42.5 Å². The number of hydrogen-bond acceptors (Lipinski definition) is 2. The highest BCUT2D eigenvalue weighted by atomic mass is 16.4. The van der Waals surface area contributed by atoms with Crippen LogP contribution in [-0.4, -0.2) is 16.9 Å². The molecule has 0 aliphatic heterocycles.